The van der Waals surface area contributed by atoms with Crippen molar-refractivity contribution in [1.82, 2.24) is 4.31 Å². The Morgan fingerprint density at radius 3 is 2.43 bits per heavy atom. The van der Waals surface area contributed by atoms with Crippen LogP contribution in [0.3, 0.4) is 0 Å². The van der Waals surface area contributed by atoms with Gasteiger partial charge in [0, 0.05) is 6.04 Å². The monoisotopic (exact) mass is 305 g/mol. The number of fused-ring (bicyclic) bond motifs is 1. The molecular formula is C17H23NO2S. The number of sulfonamides is 1. The highest BCUT2D eigenvalue weighted by Crippen LogP contribution is 2.54. The molecule has 1 unspecified atom stereocenters. The van der Waals surface area contributed by atoms with E-state index >= 15 is 0 Å². The van der Waals surface area contributed by atoms with Crippen LogP contribution in [0.4, 0.5) is 0 Å². The molecule has 0 radical (unpaired) electrons. The molecule has 114 valence electrons. The predicted octanol–water partition coefficient (Wildman–Crippen LogP) is 3.50. The van der Waals surface area contributed by atoms with Crippen molar-refractivity contribution in [3.63, 3.8) is 0 Å². The fourth-order valence-electron chi connectivity index (χ4n) is 3.38. The molecule has 1 aromatic rings. The summed E-state index contributed by atoms with van der Waals surface area (Å²) in [6, 6.07) is 7.29. The topological polar surface area (TPSA) is 37.1 Å². The van der Waals surface area contributed by atoms with Gasteiger partial charge in [-0.3, -0.25) is 0 Å². The Kier molecular flexibility index (Phi) is 3.30. The van der Waals surface area contributed by atoms with Crippen LogP contribution in [0.2, 0.25) is 0 Å². The van der Waals surface area contributed by atoms with Gasteiger partial charge in [-0.15, -0.1) is 0 Å². The van der Waals surface area contributed by atoms with E-state index in [1.807, 2.05) is 19.1 Å². The summed E-state index contributed by atoms with van der Waals surface area (Å²) >= 11 is 0. The third-order valence-electron chi connectivity index (χ3n) is 4.96. The van der Waals surface area contributed by atoms with Gasteiger partial charge in [-0.25, -0.2) is 8.42 Å². The first kappa shape index (κ1) is 14.8. The van der Waals surface area contributed by atoms with E-state index in [-0.39, 0.29) is 11.6 Å². The third-order valence-corrected chi connectivity index (χ3v) is 7.02. The minimum Gasteiger partial charge on any atom is -0.207 e. The first-order valence-corrected chi connectivity index (χ1v) is 9.01. The molecule has 0 aromatic heterocycles. The second kappa shape index (κ2) is 4.68. The van der Waals surface area contributed by atoms with E-state index < -0.39 is 10.0 Å². The van der Waals surface area contributed by atoms with Crippen LogP contribution in [0, 0.1) is 12.8 Å². The summed E-state index contributed by atoms with van der Waals surface area (Å²) < 4.78 is 27.4. The number of rotatable bonds is 3. The molecule has 21 heavy (non-hydrogen) atoms. The summed E-state index contributed by atoms with van der Waals surface area (Å²) in [5.74, 6) is 0.499. The largest absolute Gasteiger partial charge is 0.243 e. The van der Waals surface area contributed by atoms with Gasteiger partial charge in [-0.2, -0.15) is 4.31 Å². The van der Waals surface area contributed by atoms with Crippen molar-refractivity contribution < 1.29 is 8.42 Å². The maximum Gasteiger partial charge on any atom is 0.243 e. The van der Waals surface area contributed by atoms with Gasteiger partial charge in [-0.05, 0) is 44.7 Å². The van der Waals surface area contributed by atoms with Crippen molar-refractivity contribution in [2.75, 3.05) is 0 Å². The van der Waals surface area contributed by atoms with Gasteiger partial charge in [0.05, 0.1) is 10.4 Å². The normalized spacial score (nSPS) is 31.8. The van der Waals surface area contributed by atoms with E-state index in [0.29, 0.717) is 10.8 Å². The lowest BCUT2D eigenvalue weighted by Gasteiger charge is -2.17. The van der Waals surface area contributed by atoms with Crippen molar-refractivity contribution in [2.24, 2.45) is 5.92 Å². The molecule has 2 aliphatic rings. The molecule has 0 spiro atoms. The highest BCUT2D eigenvalue weighted by atomic mass is 32.2. The lowest BCUT2D eigenvalue weighted by atomic mass is 9.86. The van der Waals surface area contributed by atoms with E-state index in [1.54, 1.807) is 16.4 Å². The molecule has 0 bridgehead atoms. The molecule has 0 amide bonds. The summed E-state index contributed by atoms with van der Waals surface area (Å²) in [7, 11) is -3.37. The second-order valence-electron chi connectivity index (χ2n) is 6.83. The molecule has 4 heteroatoms. The molecule has 1 aromatic carbocycles. The van der Waals surface area contributed by atoms with Crippen LogP contribution in [0.25, 0.3) is 0 Å². The van der Waals surface area contributed by atoms with Crippen molar-refractivity contribution in [2.45, 2.75) is 57.0 Å². The molecule has 3 atom stereocenters. The number of hydrogen-bond acceptors (Lipinski definition) is 2. The molecule has 3 nitrogen and oxygen atoms in total. The number of nitrogens with zero attached hydrogens (tertiary/aromatic N) is 1. The standard InChI is InChI=1S/C17H23NO2S/c1-12(2)14-9-10-17(4)16(11-14)18(17)21(19,20)15-7-5-13(3)6-8-15/h5-9,12,16H,10-11H2,1-4H3/t16-,17+,18?/m0/s1. The Balaban J connectivity index is 1.89. The van der Waals surface area contributed by atoms with Crippen LogP contribution in [0.1, 0.15) is 39.2 Å². The highest BCUT2D eigenvalue weighted by Gasteiger charge is 2.65. The molecular weight excluding hydrogens is 282 g/mol. The Morgan fingerprint density at radius 1 is 1.24 bits per heavy atom. The summed E-state index contributed by atoms with van der Waals surface area (Å²) in [6.45, 7) is 8.39. The summed E-state index contributed by atoms with van der Waals surface area (Å²) in [4.78, 5) is 0.412. The van der Waals surface area contributed by atoms with Gasteiger partial charge in [0.25, 0.3) is 0 Å². The van der Waals surface area contributed by atoms with Crippen LogP contribution in [0.5, 0.6) is 0 Å². The van der Waals surface area contributed by atoms with Crippen LogP contribution < -0.4 is 0 Å². The Labute approximate surface area is 127 Å². The fraction of sp³-hybridized carbons (Fsp3) is 0.529. The summed E-state index contributed by atoms with van der Waals surface area (Å²) in [5, 5.41) is 0. The maximum absolute atomic E-state index is 12.9. The van der Waals surface area contributed by atoms with Crippen LogP contribution >= 0.6 is 0 Å². The lowest BCUT2D eigenvalue weighted by Crippen LogP contribution is -2.21. The van der Waals surface area contributed by atoms with Crippen molar-refractivity contribution in [3.05, 3.63) is 41.5 Å². The molecule has 1 aliphatic heterocycles. The maximum atomic E-state index is 12.9. The Morgan fingerprint density at radius 2 is 1.86 bits per heavy atom. The van der Waals surface area contributed by atoms with E-state index in [0.717, 1.165) is 18.4 Å². The van der Waals surface area contributed by atoms with Gasteiger partial charge < -0.3 is 0 Å². The van der Waals surface area contributed by atoms with Gasteiger partial charge in [0.1, 0.15) is 0 Å². The molecule has 1 heterocycles. The van der Waals surface area contributed by atoms with E-state index in [4.69, 9.17) is 0 Å². The van der Waals surface area contributed by atoms with Crippen LogP contribution in [-0.4, -0.2) is 24.3 Å². The zero-order chi connectivity index (χ0) is 15.4. The first-order valence-electron chi connectivity index (χ1n) is 7.57. The van der Waals surface area contributed by atoms with Crippen molar-refractivity contribution >= 4 is 10.0 Å². The lowest BCUT2D eigenvalue weighted by molar-refractivity contribution is 0.516. The zero-order valence-corrected chi connectivity index (χ0v) is 13.9. The number of hydrogen-bond donors (Lipinski definition) is 0. The molecule has 1 saturated heterocycles. The van der Waals surface area contributed by atoms with E-state index in [2.05, 4.69) is 26.8 Å². The molecule has 3 rings (SSSR count). The van der Waals surface area contributed by atoms with Crippen LogP contribution in [-0.2, 0) is 10.0 Å². The average molecular weight is 305 g/mol. The average Bonchev–Trinajstić information content (AvgIpc) is 3.04. The minimum absolute atomic E-state index is 0.131. The summed E-state index contributed by atoms with van der Waals surface area (Å²) in [6.07, 6.45) is 3.95. The van der Waals surface area contributed by atoms with Gasteiger partial charge in [0.2, 0.25) is 10.0 Å². The minimum atomic E-state index is -3.37. The second-order valence-corrected chi connectivity index (χ2v) is 8.64. The molecule has 0 saturated carbocycles. The summed E-state index contributed by atoms with van der Waals surface area (Å²) in [5.41, 5.74) is 2.24. The Bertz CT molecular complexity index is 688. The van der Waals surface area contributed by atoms with Crippen LogP contribution in [0.15, 0.2) is 40.8 Å². The molecule has 0 N–H and O–H groups in total. The van der Waals surface area contributed by atoms with Gasteiger partial charge >= 0.3 is 0 Å². The van der Waals surface area contributed by atoms with E-state index in [1.165, 1.54) is 5.57 Å². The van der Waals surface area contributed by atoms with Crippen molar-refractivity contribution in [1.29, 1.82) is 0 Å². The quantitative estimate of drug-likeness (QED) is 0.633. The number of aryl methyl sites for hydroxylation is 1. The van der Waals surface area contributed by atoms with Gasteiger partial charge in [0.15, 0.2) is 0 Å². The SMILES string of the molecule is Cc1ccc(S(=O)(=O)N2[C@H]3CC(C(C)C)=CC[C@]32C)cc1. The highest BCUT2D eigenvalue weighted by molar-refractivity contribution is 7.89. The zero-order valence-electron chi connectivity index (χ0n) is 13.1. The van der Waals surface area contributed by atoms with E-state index in [9.17, 15) is 8.42 Å². The first-order chi connectivity index (χ1) is 9.76. The molecule has 1 fully saturated rings. The fourth-order valence-corrected chi connectivity index (χ4v) is 5.42. The predicted molar refractivity (Wildman–Crippen MR) is 84.6 cm³/mol. The third kappa shape index (κ3) is 2.25. The molecule has 1 aliphatic carbocycles. The smallest absolute Gasteiger partial charge is 0.207 e. The number of benzene rings is 1. The van der Waals surface area contributed by atoms with Crippen molar-refractivity contribution in [3.8, 4) is 0 Å². The Hall–Kier alpha value is -1.13. The van der Waals surface area contributed by atoms with Gasteiger partial charge in [-0.1, -0.05) is 43.2 Å².